The monoisotopic (exact) mass is 309 g/mol. The lowest BCUT2D eigenvalue weighted by Gasteiger charge is -2.35. The van der Waals surface area contributed by atoms with Gasteiger partial charge in [0.25, 0.3) is 0 Å². The Morgan fingerprint density at radius 2 is 2.09 bits per heavy atom. The predicted molar refractivity (Wildman–Crippen MR) is 79.4 cm³/mol. The molecule has 2 N–H and O–H groups in total. The number of carbonyl (C=O) groups excluding carboxylic acids is 1. The minimum atomic E-state index is -1.18. The maximum Gasteiger partial charge on any atom is 0.335 e. The number of carboxylic acid groups (broad SMARTS) is 1. The fourth-order valence-electron chi connectivity index (χ4n) is 2.49. The largest absolute Gasteiger partial charge is 0.478 e. The molecular weight excluding hydrogens is 289 g/mol. The van der Waals surface area contributed by atoms with Gasteiger partial charge >= 0.3 is 5.97 Å². The Bertz CT molecular complexity index is 580. The maximum absolute atomic E-state index is 13.8. The molecule has 1 atom stereocenters. The van der Waals surface area contributed by atoms with Crippen molar-refractivity contribution < 1.29 is 23.8 Å². The van der Waals surface area contributed by atoms with E-state index in [4.69, 9.17) is 9.84 Å². The Balaban J connectivity index is 2.17. The van der Waals surface area contributed by atoms with Gasteiger partial charge in [-0.1, -0.05) is 0 Å². The van der Waals surface area contributed by atoms with Gasteiger partial charge in [-0.2, -0.15) is 0 Å². The Morgan fingerprint density at radius 1 is 1.36 bits per heavy atom. The smallest absolute Gasteiger partial charge is 0.335 e. The molecule has 1 heterocycles. The second-order valence-electron chi connectivity index (χ2n) is 6.03. The fourth-order valence-corrected chi connectivity index (χ4v) is 2.49. The van der Waals surface area contributed by atoms with Crippen LogP contribution in [0.15, 0.2) is 18.2 Å². The highest BCUT2D eigenvalue weighted by molar-refractivity contribution is 5.97. The number of hydrogen-bond acceptors (Lipinski definition) is 3. The first-order valence-corrected chi connectivity index (χ1v) is 7.28. The number of carboxylic acids is 1. The average Bonchev–Trinajstić information content (AvgIpc) is 2.50. The van der Waals surface area contributed by atoms with Gasteiger partial charge in [-0.15, -0.1) is 0 Å². The van der Waals surface area contributed by atoms with Gasteiger partial charge < -0.3 is 15.2 Å². The van der Waals surface area contributed by atoms with Crippen LogP contribution in [0, 0.1) is 11.2 Å². The van der Waals surface area contributed by atoms with Crippen molar-refractivity contribution in [3.8, 4) is 0 Å². The van der Waals surface area contributed by atoms with Gasteiger partial charge in [-0.25, -0.2) is 9.18 Å². The van der Waals surface area contributed by atoms with Crippen LogP contribution < -0.4 is 5.32 Å². The molecule has 1 aliphatic heterocycles. The third-order valence-corrected chi connectivity index (χ3v) is 4.03. The van der Waals surface area contributed by atoms with Crippen LogP contribution in [0.4, 0.5) is 10.1 Å². The van der Waals surface area contributed by atoms with E-state index in [0.29, 0.717) is 6.61 Å². The van der Waals surface area contributed by atoms with Crippen LogP contribution >= 0.6 is 0 Å². The number of halogens is 1. The highest BCUT2D eigenvalue weighted by atomic mass is 19.1. The molecule has 1 unspecified atom stereocenters. The quantitative estimate of drug-likeness (QED) is 0.896. The molecule has 1 aromatic rings. The number of hydrogen-bond donors (Lipinski definition) is 2. The Morgan fingerprint density at radius 3 is 2.68 bits per heavy atom. The number of ether oxygens (including phenoxy) is 1. The minimum Gasteiger partial charge on any atom is -0.478 e. The molecule has 6 heteroatoms. The first-order chi connectivity index (χ1) is 10.3. The van der Waals surface area contributed by atoms with Crippen molar-refractivity contribution in [2.24, 2.45) is 5.41 Å². The van der Waals surface area contributed by atoms with E-state index in [0.717, 1.165) is 37.5 Å². The van der Waals surface area contributed by atoms with E-state index in [-0.39, 0.29) is 23.3 Å². The Hall–Kier alpha value is -1.95. The molecule has 120 valence electrons. The number of amides is 1. The molecule has 1 fully saturated rings. The van der Waals surface area contributed by atoms with Crippen LogP contribution in [0.2, 0.25) is 0 Å². The van der Waals surface area contributed by atoms with E-state index in [9.17, 15) is 14.0 Å². The number of benzene rings is 1. The summed E-state index contributed by atoms with van der Waals surface area (Å²) in [5.41, 5.74) is -1.04. The van der Waals surface area contributed by atoms with Crippen LogP contribution in [-0.4, -0.2) is 29.7 Å². The second-order valence-corrected chi connectivity index (χ2v) is 6.03. The predicted octanol–water partition coefficient (Wildman–Crippen LogP) is 3.06. The SMILES string of the molecule is CC(C)(C(=O)Nc1cc(C(=O)O)ccc1F)C1CCCCO1. The number of aromatic carboxylic acids is 1. The van der Waals surface area contributed by atoms with Gasteiger partial charge in [-0.05, 0) is 51.3 Å². The van der Waals surface area contributed by atoms with Crippen molar-refractivity contribution >= 4 is 17.6 Å². The molecular formula is C16H20FNO4. The molecule has 0 radical (unpaired) electrons. The topological polar surface area (TPSA) is 75.6 Å². The standard InChI is InChI=1S/C16H20FNO4/c1-16(2,13-5-3-4-8-22-13)15(21)18-12-9-10(14(19)20)6-7-11(12)17/h6-7,9,13H,3-5,8H2,1-2H3,(H,18,21)(H,19,20). The summed E-state index contributed by atoms with van der Waals surface area (Å²) in [5.74, 6) is -2.23. The van der Waals surface area contributed by atoms with Gasteiger partial charge in [0.2, 0.25) is 5.91 Å². The van der Waals surface area contributed by atoms with Crippen molar-refractivity contribution in [3.05, 3.63) is 29.6 Å². The van der Waals surface area contributed by atoms with Crippen molar-refractivity contribution in [1.29, 1.82) is 0 Å². The lowest BCUT2D eigenvalue weighted by Crippen LogP contribution is -2.44. The molecule has 1 amide bonds. The van der Waals surface area contributed by atoms with E-state index in [1.54, 1.807) is 13.8 Å². The van der Waals surface area contributed by atoms with E-state index in [1.807, 2.05) is 0 Å². The van der Waals surface area contributed by atoms with Gasteiger partial charge in [-0.3, -0.25) is 4.79 Å². The van der Waals surface area contributed by atoms with Gasteiger partial charge in [0.1, 0.15) is 5.82 Å². The van der Waals surface area contributed by atoms with E-state index >= 15 is 0 Å². The lowest BCUT2D eigenvalue weighted by atomic mass is 9.81. The first-order valence-electron chi connectivity index (χ1n) is 7.28. The number of rotatable bonds is 4. The summed E-state index contributed by atoms with van der Waals surface area (Å²) in [6.07, 6.45) is 2.51. The molecule has 5 nitrogen and oxygen atoms in total. The zero-order chi connectivity index (χ0) is 16.3. The molecule has 1 aromatic carbocycles. The molecule has 0 saturated carbocycles. The molecule has 2 rings (SSSR count). The number of anilines is 1. The molecule has 1 aliphatic rings. The van der Waals surface area contributed by atoms with Crippen LogP contribution in [0.3, 0.4) is 0 Å². The molecule has 0 aromatic heterocycles. The fraction of sp³-hybridized carbons (Fsp3) is 0.500. The van der Waals surface area contributed by atoms with Crippen LogP contribution in [0.5, 0.6) is 0 Å². The summed E-state index contributed by atoms with van der Waals surface area (Å²) in [5, 5.41) is 11.4. The first kappa shape index (κ1) is 16.4. The molecule has 0 aliphatic carbocycles. The van der Waals surface area contributed by atoms with Gasteiger partial charge in [0, 0.05) is 6.61 Å². The average molecular weight is 309 g/mol. The van der Waals surface area contributed by atoms with Crippen LogP contribution in [-0.2, 0) is 9.53 Å². The summed E-state index contributed by atoms with van der Waals surface area (Å²) in [6, 6.07) is 3.30. The van der Waals surface area contributed by atoms with E-state index in [2.05, 4.69) is 5.32 Å². The summed E-state index contributed by atoms with van der Waals surface area (Å²) in [6.45, 7) is 4.11. The zero-order valence-corrected chi connectivity index (χ0v) is 12.7. The van der Waals surface area contributed by atoms with Crippen molar-refractivity contribution in [2.75, 3.05) is 11.9 Å². The maximum atomic E-state index is 13.8. The van der Waals surface area contributed by atoms with Crippen molar-refractivity contribution in [1.82, 2.24) is 0 Å². The summed E-state index contributed by atoms with van der Waals surface area (Å²) in [7, 11) is 0. The van der Waals surface area contributed by atoms with Crippen molar-refractivity contribution in [3.63, 3.8) is 0 Å². The highest BCUT2D eigenvalue weighted by Gasteiger charge is 2.38. The van der Waals surface area contributed by atoms with E-state index < -0.39 is 17.2 Å². The van der Waals surface area contributed by atoms with Gasteiger partial charge in [0.15, 0.2) is 0 Å². The van der Waals surface area contributed by atoms with E-state index in [1.165, 1.54) is 0 Å². The third kappa shape index (κ3) is 3.44. The summed E-state index contributed by atoms with van der Waals surface area (Å²) < 4.78 is 19.4. The molecule has 0 bridgehead atoms. The Kier molecular flexibility index (Phi) is 4.81. The summed E-state index contributed by atoms with van der Waals surface area (Å²) in [4.78, 5) is 23.4. The number of nitrogens with one attached hydrogen (secondary N) is 1. The zero-order valence-electron chi connectivity index (χ0n) is 12.7. The second kappa shape index (κ2) is 6.44. The highest BCUT2D eigenvalue weighted by Crippen LogP contribution is 2.32. The minimum absolute atomic E-state index is 0.0802. The summed E-state index contributed by atoms with van der Waals surface area (Å²) >= 11 is 0. The lowest BCUT2D eigenvalue weighted by molar-refractivity contribution is -0.135. The normalized spacial score (nSPS) is 18.8. The van der Waals surface area contributed by atoms with Crippen molar-refractivity contribution in [2.45, 2.75) is 39.2 Å². The van der Waals surface area contributed by atoms with Gasteiger partial charge in [0.05, 0.1) is 22.8 Å². The van der Waals surface area contributed by atoms with Crippen LogP contribution in [0.1, 0.15) is 43.5 Å². The molecule has 1 saturated heterocycles. The molecule has 22 heavy (non-hydrogen) atoms. The Labute approximate surface area is 128 Å². The molecule has 0 spiro atoms. The number of carbonyl (C=O) groups is 2. The third-order valence-electron chi connectivity index (χ3n) is 4.03. The van der Waals surface area contributed by atoms with Crippen LogP contribution in [0.25, 0.3) is 0 Å².